The van der Waals surface area contributed by atoms with Gasteiger partial charge >= 0.3 is 0 Å². The van der Waals surface area contributed by atoms with Crippen LogP contribution >= 0.6 is 11.8 Å². The molecule has 1 aliphatic carbocycles. The second-order valence-corrected chi connectivity index (χ2v) is 8.64. The Balaban J connectivity index is 1.62. The van der Waals surface area contributed by atoms with Crippen LogP contribution in [0, 0.1) is 0 Å². The highest BCUT2D eigenvalue weighted by Gasteiger charge is 2.28. The number of thioether (sulfide) groups is 1. The topological polar surface area (TPSA) is 49.4 Å². The van der Waals surface area contributed by atoms with E-state index in [1.165, 1.54) is 18.4 Å². The van der Waals surface area contributed by atoms with Crippen molar-refractivity contribution in [2.75, 3.05) is 5.75 Å². The second-order valence-electron chi connectivity index (χ2n) is 7.65. The van der Waals surface area contributed by atoms with Gasteiger partial charge in [0.25, 0.3) is 0 Å². The molecule has 1 N–H and O–H groups in total. The highest BCUT2D eigenvalue weighted by molar-refractivity contribution is 7.99. The van der Waals surface area contributed by atoms with Crippen LogP contribution in [-0.4, -0.2) is 34.6 Å². The van der Waals surface area contributed by atoms with E-state index in [1.54, 1.807) is 16.7 Å². The molecule has 1 fully saturated rings. The Morgan fingerprint density at radius 1 is 1.00 bits per heavy atom. The van der Waals surface area contributed by atoms with E-state index in [0.717, 1.165) is 24.2 Å². The normalized spacial score (nSPS) is 15.1. The standard InChI is InChI=1S/C24H30N2O2S/c1-19(24(28)25-22-14-8-9-15-22)26(16-20-10-4-2-5-11-20)23(27)18-29-17-21-12-6-3-7-13-21/h2-7,10-13,19,22H,8-9,14-18H2,1H3,(H,25,28)/t19-/m1/s1. The molecule has 2 aromatic carbocycles. The molecule has 154 valence electrons. The monoisotopic (exact) mass is 410 g/mol. The van der Waals surface area contributed by atoms with Crippen LogP contribution in [-0.2, 0) is 21.9 Å². The van der Waals surface area contributed by atoms with Gasteiger partial charge < -0.3 is 10.2 Å². The fraction of sp³-hybridized carbons (Fsp3) is 0.417. The number of nitrogens with one attached hydrogen (secondary N) is 1. The summed E-state index contributed by atoms with van der Waals surface area (Å²) in [6.07, 6.45) is 4.42. The highest BCUT2D eigenvalue weighted by Crippen LogP contribution is 2.19. The summed E-state index contributed by atoms with van der Waals surface area (Å²) in [5.41, 5.74) is 2.24. The fourth-order valence-corrected chi connectivity index (χ4v) is 4.54. The van der Waals surface area contributed by atoms with Crippen molar-refractivity contribution >= 4 is 23.6 Å². The number of amides is 2. The molecule has 0 aliphatic heterocycles. The van der Waals surface area contributed by atoms with E-state index < -0.39 is 6.04 Å². The second kappa shape index (κ2) is 11.1. The molecule has 0 spiro atoms. The van der Waals surface area contributed by atoms with Gasteiger partial charge in [0, 0.05) is 18.3 Å². The lowest BCUT2D eigenvalue weighted by atomic mass is 10.1. The molecule has 2 amide bonds. The summed E-state index contributed by atoms with van der Waals surface area (Å²) < 4.78 is 0. The largest absolute Gasteiger partial charge is 0.352 e. The van der Waals surface area contributed by atoms with E-state index in [2.05, 4.69) is 17.4 Å². The summed E-state index contributed by atoms with van der Waals surface area (Å²) in [6, 6.07) is 19.8. The van der Waals surface area contributed by atoms with Crippen molar-refractivity contribution in [2.24, 2.45) is 0 Å². The molecule has 0 unspecified atom stereocenters. The summed E-state index contributed by atoms with van der Waals surface area (Å²) >= 11 is 1.59. The highest BCUT2D eigenvalue weighted by atomic mass is 32.2. The van der Waals surface area contributed by atoms with Gasteiger partial charge in [0.2, 0.25) is 11.8 Å². The molecule has 0 bridgehead atoms. The van der Waals surface area contributed by atoms with Crippen LogP contribution in [0.3, 0.4) is 0 Å². The number of benzene rings is 2. The molecule has 2 aromatic rings. The minimum Gasteiger partial charge on any atom is -0.352 e. The fourth-order valence-electron chi connectivity index (χ4n) is 3.67. The van der Waals surface area contributed by atoms with E-state index in [-0.39, 0.29) is 17.9 Å². The van der Waals surface area contributed by atoms with Crippen LogP contribution in [0.4, 0.5) is 0 Å². The molecule has 1 atom stereocenters. The Hall–Kier alpha value is -2.27. The van der Waals surface area contributed by atoms with Crippen LogP contribution in [0.5, 0.6) is 0 Å². The Morgan fingerprint density at radius 3 is 2.21 bits per heavy atom. The Kier molecular flexibility index (Phi) is 8.17. The predicted octanol–water partition coefficient (Wildman–Crippen LogP) is 4.40. The van der Waals surface area contributed by atoms with Crippen LogP contribution in [0.1, 0.15) is 43.7 Å². The first-order valence-corrected chi connectivity index (χ1v) is 11.5. The molecule has 0 radical (unpaired) electrons. The van der Waals surface area contributed by atoms with Crippen LogP contribution < -0.4 is 5.32 Å². The lowest BCUT2D eigenvalue weighted by molar-refractivity contribution is -0.138. The van der Waals surface area contributed by atoms with Gasteiger partial charge in [-0.05, 0) is 30.9 Å². The minimum absolute atomic E-state index is 0.00357. The molecular weight excluding hydrogens is 380 g/mol. The minimum atomic E-state index is -0.486. The van der Waals surface area contributed by atoms with Gasteiger partial charge in [-0.3, -0.25) is 9.59 Å². The Bertz CT molecular complexity index is 776. The first-order chi connectivity index (χ1) is 14.1. The average Bonchev–Trinajstić information content (AvgIpc) is 3.26. The maximum atomic E-state index is 13.0. The van der Waals surface area contributed by atoms with Gasteiger partial charge in [-0.1, -0.05) is 73.5 Å². The van der Waals surface area contributed by atoms with E-state index in [0.29, 0.717) is 12.3 Å². The van der Waals surface area contributed by atoms with Crippen molar-refractivity contribution in [1.82, 2.24) is 10.2 Å². The first kappa shape index (κ1) is 21.4. The van der Waals surface area contributed by atoms with Gasteiger partial charge in [-0.25, -0.2) is 0 Å². The lowest BCUT2D eigenvalue weighted by Crippen LogP contribution is -2.50. The van der Waals surface area contributed by atoms with E-state index in [1.807, 2.05) is 55.5 Å². The zero-order valence-electron chi connectivity index (χ0n) is 17.0. The van der Waals surface area contributed by atoms with E-state index in [4.69, 9.17) is 0 Å². The van der Waals surface area contributed by atoms with Crippen molar-refractivity contribution < 1.29 is 9.59 Å². The maximum absolute atomic E-state index is 13.0. The number of carbonyl (C=O) groups excluding carboxylic acids is 2. The molecule has 0 heterocycles. The smallest absolute Gasteiger partial charge is 0.242 e. The molecular formula is C24H30N2O2S. The summed E-state index contributed by atoms with van der Waals surface area (Å²) in [6.45, 7) is 2.29. The first-order valence-electron chi connectivity index (χ1n) is 10.4. The van der Waals surface area contributed by atoms with Crippen molar-refractivity contribution in [3.8, 4) is 0 Å². The zero-order chi connectivity index (χ0) is 20.5. The number of hydrogen-bond acceptors (Lipinski definition) is 3. The van der Waals surface area contributed by atoms with Crippen LogP contribution in [0.25, 0.3) is 0 Å². The molecule has 4 nitrogen and oxygen atoms in total. The summed E-state index contributed by atoms with van der Waals surface area (Å²) in [5.74, 6) is 1.11. The average molecular weight is 411 g/mol. The SMILES string of the molecule is C[C@H](C(=O)NC1CCCC1)N(Cc1ccccc1)C(=O)CSCc1ccccc1. The quantitative estimate of drug-likeness (QED) is 0.667. The lowest BCUT2D eigenvalue weighted by Gasteiger charge is -2.29. The molecule has 29 heavy (non-hydrogen) atoms. The molecule has 0 saturated heterocycles. The third-order valence-corrected chi connectivity index (χ3v) is 6.39. The van der Waals surface area contributed by atoms with Crippen molar-refractivity contribution in [1.29, 1.82) is 0 Å². The molecule has 1 saturated carbocycles. The third-order valence-electron chi connectivity index (χ3n) is 5.40. The summed E-state index contributed by atoms with van der Waals surface area (Å²) in [5, 5.41) is 3.14. The summed E-state index contributed by atoms with van der Waals surface area (Å²) in [7, 11) is 0. The van der Waals surface area contributed by atoms with Gasteiger partial charge in [0.1, 0.15) is 6.04 Å². The summed E-state index contributed by atoms with van der Waals surface area (Å²) in [4.78, 5) is 27.6. The Morgan fingerprint density at radius 2 is 1.59 bits per heavy atom. The molecule has 5 heteroatoms. The Labute approximate surface area is 178 Å². The number of nitrogens with zero attached hydrogens (tertiary/aromatic N) is 1. The third kappa shape index (κ3) is 6.64. The zero-order valence-corrected chi connectivity index (χ0v) is 17.9. The van der Waals surface area contributed by atoms with Gasteiger partial charge in [-0.15, -0.1) is 11.8 Å². The van der Waals surface area contributed by atoms with Gasteiger partial charge in [-0.2, -0.15) is 0 Å². The molecule has 0 aromatic heterocycles. The number of hydrogen-bond donors (Lipinski definition) is 1. The van der Waals surface area contributed by atoms with Crippen LogP contribution in [0.15, 0.2) is 60.7 Å². The van der Waals surface area contributed by atoms with E-state index >= 15 is 0 Å². The number of carbonyl (C=O) groups is 2. The van der Waals surface area contributed by atoms with Crippen molar-refractivity contribution in [3.63, 3.8) is 0 Å². The van der Waals surface area contributed by atoms with E-state index in [9.17, 15) is 9.59 Å². The van der Waals surface area contributed by atoms with Crippen molar-refractivity contribution in [3.05, 3.63) is 71.8 Å². The maximum Gasteiger partial charge on any atom is 0.242 e. The van der Waals surface area contributed by atoms with Crippen molar-refractivity contribution in [2.45, 2.75) is 57.0 Å². The molecule has 3 rings (SSSR count). The number of rotatable bonds is 9. The van der Waals surface area contributed by atoms with Gasteiger partial charge in [0.05, 0.1) is 5.75 Å². The van der Waals surface area contributed by atoms with Crippen LogP contribution in [0.2, 0.25) is 0 Å². The molecule has 1 aliphatic rings. The predicted molar refractivity (Wildman–Crippen MR) is 119 cm³/mol. The van der Waals surface area contributed by atoms with Gasteiger partial charge in [0.15, 0.2) is 0 Å².